The maximum absolute atomic E-state index is 12.8. The summed E-state index contributed by atoms with van der Waals surface area (Å²) in [7, 11) is 0. The van der Waals surface area contributed by atoms with E-state index in [0.717, 1.165) is 26.1 Å². The van der Waals surface area contributed by atoms with E-state index >= 15 is 0 Å². The molecule has 1 heterocycles. The molecule has 3 amide bonds. The summed E-state index contributed by atoms with van der Waals surface area (Å²) in [5.41, 5.74) is 1.97. The van der Waals surface area contributed by atoms with Crippen molar-refractivity contribution in [3.8, 4) is 0 Å². The number of urea groups is 1. The number of rotatable bonds is 7. The van der Waals surface area contributed by atoms with Gasteiger partial charge in [0.1, 0.15) is 6.04 Å². The lowest BCUT2D eigenvalue weighted by Gasteiger charge is -2.24. The molecule has 1 aliphatic rings. The van der Waals surface area contributed by atoms with Gasteiger partial charge in [-0.25, -0.2) is 4.79 Å². The van der Waals surface area contributed by atoms with Crippen LogP contribution in [0.5, 0.6) is 0 Å². The number of carbonyl (C=O) groups is 2. The van der Waals surface area contributed by atoms with E-state index in [1.165, 1.54) is 5.56 Å². The molecule has 0 saturated carbocycles. The topological polar surface area (TPSA) is 73.5 Å². The molecule has 0 spiro atoms. The zero-order valence-corrected chi connectivity index (χ0v) is 17.1. The third-order valence-electron chi connectivity index (χ3n) is 5.14. The van der Waals surface area contributed by atoms with Crippen molar-refractivity contribution < 1.29 is 9.59 Å². The van der Waals surface area contributed by atoms with Crippen molar-refractivity contribution in [3.63, 3.8) is 0 Å². The van der Waals surface area contributed by atoms with Crippen molar-refractivity contribution in [1.82, 2.24) is 15.5 Å². The molecule has 0 radical (unpaired) electrons. The molecule has 1 aliphatic heterocycles. The van der Waals surface area contributed by atoms with E-state index in [-0.39, 0.29) is 23.9 Å². The van der Waals surface area contributed by atoms with E-state index in [1.54, 1.807) is 0 Å². The van der Waals surface area contributed by atoms with Crippen LogP contribution in [-0.2, 0) is 11.3 Å². The molecule has 2 atom stereocenters. The minimum atomic E-state index is -0.582. The van der Waals surface area contributed by atoms with E-state index in [9.17, 15) is 9.59 Å². The highest BCUT2D eigenvalue weighted by Gasteiger charge is 2.29. The molecule has 2 aromatic carbocycles. The molecule has 6 nitrogen and oxygen atoms in total. The Morgan fingerprint density at radius 1 is 1.03 bits per heavy atom. The molecule has 0 bridgehead atoms. The van der Waals surface area contributed by atoms with Gasteiger partial charge >= 0.3 is 6.03 Å². The van der Waals surface area contributed by atoms with Gasteiger partial charge in [-0.2, -0.15) is 0 Å². The summed E-state index contributed by atoms with van der Waals surface area (Å²) in [5, 5.41) is 8.71. The summed E-state index contributed by atoms with van der Waals surface area (Å²) in [5.74, 6) is -0.145. The van der Waals surface area contributed by atoms with Gasteiger partial charge in [-0.05, 0) is 30.0 Å². The lowest BCUT2D eigenvalue weighted by Crippen LogP contribution is -2.53. The number of likely N-dealkylation sites (tertiary alicyclic amines) is 1. The van der Waals surface area contributed by atoms with Gasteiger partial charge in [0.2, 0.25) is 5.91 Å². The molecule has 3 rings (SSSR count). The summed E-state index contributed by atoms with van der Waals surface area (Å²) in [4.78, 5) is 27.5. The molecule has 0 aliphatic carbocycles. The van der Waals surface area contributed by atoms with Crippen LogP contribution in [0.1, 0.15) is 25.8 Å². The second kappa shape index (κ2) is 10.1. The molecule has 2 aromatic rings. The van der Waals surface area contributed by atoms with Gasteiger partial charge in [-0.1, -0.05) is 62.4 Å². The number of benzene rings is 2. The predicted molar refractivity (Wildman–Crippen MR) is 115 cm³/mol. The van der Waals surface area contributed by atoms with Crippen molar-refractivity contribution in [2.24, 2.45) is 5.92 Å². The maximum atomic E-state index is 12.8. The third kappa shape index (κ3) is 6.32. The maximum Gasteiger partial charge on any atom is 0.319 e. The smallest absolute Gasteiger partial charge is 0.319 e. The average molecular weight is 395 g/mol. The van der Waals surface area contributed by atoms with Crippen molar-refractivity contribution in [1.29, 1.82) is 0 Å². The van der Waals surface area contributed by atoms with Crippen LogP contribution >= 0.6 is 0 Å². The Bertz CT molecular complexity index is 795. The minimum Gasteiger partial charge on any atom is -0.350 e. The Kier molecular flexibility index (Phi) is 7.25. The van der Waals surface area contributed by atoms with Gasteiger partial charge in [0, 0.05) is 31.4 Å². The number of nitrogens with one attached hydrogen (secondary N) is 3. The monoisotopic (exact) mass is 394 g/mol. The summed E-state index contributed by atoms with van der Waals surface area (Å²) in [6, 6.07) is 18.7. The normalized spacial score (nSPS) is 17.7. The lowest BCUT2D eigenvalue weighted by atomic mass is 10.0. The van der Waals surface area contributed by atoms with Crippen molar-refractivity contribution >= 4 is 17.6 Å². The molecule has 1 fully saturated rings. The first-order valence-electron chi connectivity index (χ1n) is 10.2. The van der Waals surface area contributed by atoms with Gasteiger partial charge in [0.05, 0.1) is 0 Å². The van der Waals surface area contributed by atoms with E-state index < -0.39 is 6.04 Å². The molecular formula is C23H30N4O2. The second-order valence-electron chi connectivity index (χ2n) is 7.90. The Morgan fingerprint density at radius 2 is 1.69 bits per heavy atom. The zero-order chi connectivity index (χ0) is 20.6. The highest BCUT2D eigenvalue weighted by atomic mass is 16.2. The van der Waals surface area contributed by atoms with Crippen LogP contribution in [0.4, 0.5) is 10.5 Å². The summed E-state index contributed by atoms with van der Waals surface area (Å²) < 4.78 is 0. The van der Waals surface area contributed by atoms with E-state index in [1.807, 2.05) is 62.4 Å². The summed E-state index contributed by atoms with van der Waals surface area (Å²) in [6.45, 7) is 6.53. The quantitative estimate of drug-likeness (QED) is 0.675. The number of hydrogen-bond donors (Lipinski definition) is 3. The third-order valence-corrected chi connectivity index (χ3v) is 5.14. The first kappa shape index (κ1) is 20.9. The molecular weight excluding hydrogens is 364 g/mol. The van der Waals surface area contributed by atoms with Crippen LogP contribution in [-0.4, -0.2) is 42.0 Å². The summed E-state index contributed by atoms with van der Waals surface area (Å²) in [6.07, 6.45) is 0.916. The number of anilines is 1. The Labute approximate surface area is 172 Å². The standard InChI is InChI=1S/C23H30N4O2/c1-17(2)21(26-23(29)25-19-11-7-4-8-12-19)22(28)24-20-13-14-27(16-20)15-18-9-5-3-6-10-18/h3-12,17,20-21H,13-16H2,1-2H3,(H,24,28)(H2,25,26,29). The Morgan fingerprint density at radius 3 is 2.34 bits per heavy atom. The molecule has 29 heavy (non-hydrogen) atoms. The van der Waals surface area contributed by atoms with E-state index in [0.29, 0.717) is 5.69 Å². The molecule has 154 valence electrons. The fraction of sp³-hybridized carbons (Fsp3) is 0.391. The largest absolute Gasteiger partial charge is 0.350 e. The first-order chi connectivity index (χ1) is 14.0. The van der Waals surface area contributed by atoms with Crippen LogP contribution in [0.2, 0.25) is 0 Å². The fourth-order valence-corrected chi connectivity index (χ4v) is 3.59. The molecule has 3 N–H and O–H groups in total. The van der Waals surface area contributed by atoms with Crippen LogP contribution in [0.15, 0.2) is 60.7 Å². The van der Waals surface area contributed by atoms with Crippen molar-refractivity contribution in [2.75, 3.05) is 18.4 Å². The lowest BCUT2D eigenvalue weighted by molar-refractivity contribution is -0.124. The molecule has 6 heteroatoms. The average Bonchev–Trinajstić information content (AvgIpc) is 3.14. The summed E-state index contributed by atoms with van der Waals surface area (Å²) >= 11 is 0. The molecule has 2 unspecified atom stereocenters. The van der Waals surface area contributed by atoms with Gasteiger partial charge in [0.15, 0.2) is 0 Å². The van der Waals surface area contributed by atoms with Crippen molar-refractivity contribution in [3.05, 3.63) is 66.2 Å². The van der Waals surface area contributed by atoms with Crippen LogP contribution in [0, 0.1) is 5.92 Å². The Balaban J connectivity index is 1.50. The minimum absolute atomic E-state index is 0.0154. The van der Waals surface area contributed by atoms with E-state index in [4.69, 9.17) is 0 Å². The van der Waals surface area contributed by atoms with Crippen LogP contribution < -0.4 is 16.0 Å². The van der Waals surface area contributed by atoms with Gasteiger partial charge in [-0.15, -0.1) is 0 Å². The highest BCUT2D eigenvalue weighted by Crippen LogP contribution is 2.14. The van der Waals surface area contributed by atoms with Gasteiger partial charge in [0.25, 0.3) is 0 Å². The number of nitrogens with zero attached hydrogens (tertiary/aromatic N) is 1. The van der Waals surface area contributed by atoms with Crippen LogP contribution in [0.25, 0.3) is 0 Å². The number of amides is 3. The fourth-order valence-electron chi connectivity index (χ4n) is 3.59. The van der Waals surface area contributed by atoms with E-state index in [2.05, 4.69) is 33.0 Å². The predicted octanol–water partition coefficient (Wildman–Crippen LogP) is 3.22. The Hall–Kier alpha value is -2.86. The van der Waals surface area contributed by atoms with Crippen molar-refractivity contribution in [2.45, 2.75) is 38.9 Å². The number of para-hydroxylation sites is 1. The van der Waals surface area contributed by atoms with Gasteiger partial charge < -0.3 is 16.0 Å². The second-order valence-corrected chi connectivity index (χ2v) is 7.90. The number of carbonyl (C=O) groups excluding carboxylic acids is 2. The highest BCUT2D eigenvalue weighted by molar-refractivity contribution is 5.93. The zero-order valence-electron chi connectivity index (χ0n) is 17.1. The number of hydrogen-bond acceptors (Lipinski definition) is 3. The van der Waals surface area contributed by atoms with Gasteiger partial charge in [-0.3, -0.25) is 9.69 Å². The molecule has 1 saturated heterocycles. The SMILES string of the molecule is CC(C)C(NC(=O)Nc1ccccc1)C(=O)NC1CCN(Cc2ccccc2)C1. The molecule has 0 aromatic heterocycles. The first-order valence-corrected chi connectivity index (χ1v) is 10.2. The van der Waals surface area contributed by atoms with Crippen LogP contribution in [0.3, 0.4) is 0 Å².